The number of imide groups is 1. The van der Waals surface area contributed by atoms with E-state index in [1.165, 1.54) is 47.6 Å². The van der Waals surface area contributed by atoms with Crippen molar-refractivity contribution in [1.82, 2.24) is 9.21 Å². The molecule has 4 rings (SSSR count). The van der Waals surface area contributed by atoms with Crippen molar-refractivity contribution in [2.45, 2.75) is 17.9 Å². The average molecular weight is 502 g/mol. The zero-order chi connectivity index (χ0) is 25.2. The first kappa shape index (κ1) is 24.5. The fraction of sp³-hybridized carbons (Fsp3) is 0.304. The Morgan fingerprint density at radius 3 is 2.29 bits per heavy atom. The first-order valence-electron chi connectivity index (χ1n) is 10.8. The molecule has 3 amide bonds. The minimum Gasteiger partial charge on any atom is -0.454 e. The number of fused-ring (bicyclic) bond motifs is 1. The molecule has 2 heterocycles. The predicted molar refractivity (Wildman–Crippen MR) is 122 cm³/mol. The Balaban J connectivity index is 1.35. The van der Waals surface area contributed by atoms with E-state index in [9.17, 15) is 27.6 Å². The monoisotopic (exact) mass is 501 g/mol. The molecule has 0 aromatic heterocycles. The molecular formula is C23H23N3O8S. The van der Waals surface area contributed by atoms with Crippen molar-refractivity contribution < 1.29 is 37.1 Å². The fourth-order valence-corrected chi connectivity index (χ4v) is 5.24. The summed E-state index contributed by atoms with van der Waals surface area (Å²) in [6.45, 7) is 1.73. The number of morpholine rings is 1. The van der Waals surface area contributed by atoms with Crippen LogP contribution in [0.2, 0.25) is 0 Å². The van der Waals surface area contributed by atoms with Gasteiger partial charge in [0, 0.05) is 18.8 Å². The summed E-state index contributed by atoms with van der Waals surface area (Å²) in [4.78, 5) is 50.6. The molecule has 1 fully saturated rings. The van der Waals surface area contributed by atoms with Crippen LogP contribution in [0.1, 0.15) is 27.6 Å². The molecule has 2 aliphatic rings. The number of benzene rings is 2. The predicted octanol–water partition coefficient (Wildman–Crippen LogP) is 0.874. The smallest absolute Gasteiger partial charge is 0.329 e. The highest BCUT2D eigenvalue weighted by Gasteiger charge is 2.41. The van der Waals surface area contributed by atoms with Gasteiger partial charge in [0.2, 0.25) is 10.0 Å². The van der Waals surface area contributed by atoms with Gasteiger partial charge in [-0.1, -0.05) is 18.2 Å². The number of nitrogens with zero attached hydrogens (tertiary/aromatic N) is 2. The van der Waals surface area contributed by atoms with Gasteiger partial charge in [-0.15, -0.1) is 0 Å². The normalized spacial score (nSPS) is 17.1. The molecule has 184 valence electrons. The number of esters is 1. The second-order valence-electron chi connectivity index (χ2n) is 7.90. The van der Waals surface area contributed by atoms with Crippen LogP contribution in [-0.2, 0) is 29.1 Å². The summed E-state index contributed by atoms with van der Waals surface area (Å²) >= 11 is 0. The molecule has 11 nitrogen and oxygen atoms in total. The quantitative estimate of drug-likeness (QED) is 0.436. The summed E-state index contributed by atoms with van der Waals surface area (Å²) in [5.41, 5.74) is 0.595. The zero-order valence-electron chi connectivity index (χ0n) is 18.8. The maximum absolute atomic E-state index is 12.8. The molecule has 0 spiro atoms. The lowest BCUT2D eigenvalue weighted by molar-refractivity contribution is -0.150. The lowest BCUT2D eigenvalue weighted by Gasteiger charge is -2.26. The molecular weight excluding hydrogens is 478 g/mol. The third-order valence-corrected chi connectivity index (χ3v) is 7.52. The van der Waals surface area contributed by atoms with Crippen LogP contribution in [0.3, 0.4) is 0 Å². The van der Waals surface area contributed by atoms with Crippen molar-refractivity contribution in [1.29, 1.82) is 0 Å². The molecule has 0 unspecified atom stereocenters. The second kappa shape index (κ2) is 9.94. The first-order valence-corrected chi connectivity index (χ1v) is 12.3. The summed E-state index contributed by atoms with van der Waals surface area (Å²) in [7, 11) is -3.75. The van der Waals surface area contributed by atoms with E-state index < -0.39 is 46.4 Å². The molecule has 35 heavy (non-hydrogen) atoms. The topological polar surface area (TPSA) is 139 Å². The van der Waals surface area contributed by atoms with Gasteiger partial charge in [0.1, 0.15) is 6.04 Å². The van der Waals surface area contributed by atoms with Crippen molar-refractivity contribution in [2.24, 2.45) is 0 Å². The van der Waals surface area contributed by atoms with Gasteiger partial charge < -0.3 is 14.8 Å². The van der Waals surface area contributed by atoms with Crippen molar-refractivity contribution in [3.63, 3.8) is 0 Å². The maximum atomic E-state index is 12.8. The number of hydrogen-bond donors (Lipinski definition) is 1. The molecule has 1 saturated heterocycles. The lowest BCUT2D eigenvalue weighted by atomic mass is 10.1. The van der Waals surface area contributed by atoms with Crippen LogP contribution in [0, 0.1) is 0 Å². The minimum absolute atomic E-state index is 0.00782. The Kier molecular flexibility index (Phi) is 6.96. The Morgan fingerprint density at radius 1 is 1.03 bits per heavy atom. The molecule has 0 saturated carbocycles. The molecule has 0 bridgehead atoms. The molecule has 1 atom stereocenters. The third-order valence-electron chi connectivity index (χ3n) is 5.63. The molecule has 1 N–H and O–H groups in total. The fourth-order valence-electron chi connectivity index (χ4n) is 3.79. The third kappa shape index (κ3) is 4.94. The van der Waals surface area contributed by atoms with E-state index in [4.69, 9.17) is 9.47 Å². The standard InChI is InChI=1S/C23H23N3O8S/c1-15(26-21(28)18-7-2-3-8-19(18)22(26)29)23(30)34-14-20(27)24-16-5-4-6-17(13-16)35(31,32)25-9-11-33-12-10-25/h2-8,13,15H,9-12,14H2,1H3,(H,24,27)/t15-/m1/s1. The van der Waals surface area contributed by atoms with Gasteiger partial charge in [0.05, 0.1) is 29.2 Å². The first-order chi connectivity index (χ1) is 16.7. The highest BCUT2D eigenvalue weighted by atomic mass is 32.2. The highest BCUT2D eigenvalue weighted by Crippen LogP contribution is 2.25. The van der Waals surface area contributed by atoms with Gasteiger partial charge >= 0.3 is 5.97 Å². The zero-order valence-corrected chi connectivity index (χ0v) is 19.6. The van der Waals surface area contributed by atoms with Gasteiger partial charge in [-0.2, -0.15) is 4.31 Å². The van der Waals surface area contributed by atoms with Gasteiger partial charge in [0.25, 0.3) is 17.7 Å². The van der Waals surface area contributed by atoms with Gasteiger partial charge in [-0.25, -0.2) is 13.2 Å². The molecule has 0 aliphatic carbocycles. The average Bonchev–Trinajstić information content (AvgIpc) is 3.12. The van der Waals surface area contributed by atoms with E-state index in [2.05, 4.69) is 5.32 Å². The highest BCUT2D eigenvalue weighted by molar-refractivity contribution is 7.89. The summed E-state index contributed by atoms with van der Waals surface area (Å²) in [6, 6.07) is 10.7. The van der Waals surface area contributed by atoms with Gasteiger partial charge in [-0.05, 0) is 37.3 Å². The number of carbonyl (C=O) groups is 4. The van der Waals surface area contributed by atoms with Crippen LogP contribution in [0.5, 0.6) is 0 Å². The van der Waals surface area contributed by atoms with E-state index in [0.717, 1.165) is 4.90 Å². The van der Waals surface area contributed by atoms with E-state index in [0.29, 0.717) is 13.2 Å². The number of hydrogen-bond acceptors (Lipinski definition) is 8. The summed E-state index contributed by atoms with van der Waals surface area (Å²) in [6.07, 6.45) is 0. The van der Waals surface area contributed by atoms with Crippen LogP contribution >= 0.6 is 0 Å². The van der Waals surface area contributed by atoms with Crippen molar-refractivity contribution >= 4 is 39.4 Å². The number of sulfonamides is 1. The molecule has 12 heteroatoms. The molecule has 2 aromatic rings. The van der Waals surface area contributed by atoms with Crippen LogP contribution in [0.25, 0.3) is 0 Å². The molecule has 0 radical (unpaired) electrons. The van der Waals surface area contributed by atoms with Crippen LogP contribution < -0.4 is 5.32 Å². The number of nitrogens with one attached hydrogen (secondary N) is 1. The number of rotatable bonds is 7. The molecule has 2 aliphatic heterocycles. The maximum Gasteiger partial charge on any atom is 0.329 e. The van der Waals surface area contributed by atoms with E-state index >= 15 is 0 Å². The van der Waals surface area contributed by atoms with Crippen LogP contribution in [0.4, 0.5) is 5.69 Å². The van der Waals surface area contributed by atoms with E-state index in [1.807, 2.05) is 0 Å². The van der Waals surface area contributed by atoms with E-state index in [-0.39, 0.29) is 34.8 Å². The number of carbonyl (C=O) groups excluding carboxylic acids is 4. The summed E-state index contributed by atoms with van der Waals surface area (Å²) < 4.78 is 37.1. The SMILES string of the molecule is C[C@H](C(=O)OCC(=O)Nc1cccc(S(=O)(=O)N2CCOCC2)c1)N1C(=O)c2ccccc2C1=O. The van der Waals surface area contributed by atoms with Gasteiger partial charge in [-0.3, -0.25) is 19.3 Å². The second-order valence-corrected chi connectivity index (χ2v) is 9.84. The Hall–Kier alpha value is -3.61. The van der Waals surface area contributed by atoms with Crippen molar-refractivity contribution in [3.8, 4) is 0 Å². The van der Waals surface area contributed by atoms with Crippen molar-refractivity contribution in [3.05, 3.63) is 59.7 Å². The lowest BCUT2D eigenvalue weighted by Crippen LogP contribution is -2.44. The number of amides is 3. The van der Waals surface area contributed by atoms with Crippen LogP contribution in [0.15, 0.2) is 53.4 Å². The minimum atomic E-state index is -3.75. The largest absolute Gasteiger partial charge is 0.454 e. The van der Waals surface area contributed by atoms with Crippen LogP contribution in [-0.4, -0.2) is 80.3 Å². The van der Waals surface area contributed by atoms with E-state index in [1.54, 1.807) is 12.1 Å². The Morgan fingerprint density at radius 2 is 1.66 bits per heavy atom. The summed E-state index contributed by atoms with van der Waals surface area (Å²) in [5, 5.41) is 2.48. The summed E-state index contributed by atoms with van der Waals surface area (Å²) in [5.74, 6) is -2.87. The number of ether oxygens (including phenoxy) is 2. The Bertz CT molecular complexity index is 1250. The molecule has 2 aromatic carbocycles. The van der Waals surface area contributed by atoms with Crippen molar-refractivity contribution in [2.75, 3.05) is 38.2 Å². The van der Waals surface area contributed by atoms with Gasteiger partial charge in [0.15, 0.2) is 6.61 Å². The number of anilines is 1. The Labute approximate surface area is 201 Å².